The summed E-state index contributed by atoms with van der Waals surface area (Å²) < 4.78 is 44.1. The van der Waals surface area contributed by atoms with Crippen molar-refractivity contribution < 1.29 is 27.5 Å². The summed E-state index contributed by atoms with van der Waals surface area (Å²) in [5.41, 5.74) is -0.881. The van der Waals surface area contributed by atoms with E-state index in [1.165, 1.54) is 18.2 Å². The third-order valence-corrected chi connectivity index (χ3v) is 4.23. The van der Waals surface area contributed by atoms with Gasteiger partial charge in [-0.15, -0.1) is 0 Å². The maximum absolute atomic E-state index is 13.1. The number of amides is 1. The minimum atomic E-state index is -4.72. The predicted molar refractivity (Wildman–Crippen MR) is 102 cm³/mol. The minimum absolute atomic E-state index is 0.131. The van der Waals surface area contributed by atoms with Crippen LogP contribution in [0, 0.1) is 0 Å². The van der Waals surface area contributed by atoms with Gasteiger partial charge in [0.05, 0.1) is 22.3 Å². The molecule has 0 aliphatic heterocycles. The van der Waals surface area contributed by atoms with Gasteiger partial charge in [-0.05, 0) is 48.5 Å². The number of nitrogens with one attached hydrogen (secondary N) is 1. The number of esters is 1. The third kappa shape index (κ3) is 5.16. The number of hydrogen-bond donors (Lipinski definition) is 1. The van der Waals surface area contributed by atoms with Gasteiger partial charge in [0.25, 0.3) is 5.91 Å². The topological polar surface area (TPSA) is 68.3 Å². The average molecular weight is 443 g/mol. The Balaban J connectivity index is 1.67. The highest BCUT2D eigenvalue weighted by molar-refractivity contribution is 6.30. The third-order valence-electron chi connectivity index (χ3n) is 3.79. The summed E-state index contributed by atoms with van der Waals surface area (Å²) in [7, 11) is 0. The second kappa shape index (κ2) is 8.26. The molecule has 10 heteroatoms. The maximum atomic E-state index is 13.1. The number of benzene rings is 2. The van der Waals surface area contributed by atoms with E-state index in [4.69, 9.17) is 27.9 Å². The van der Waals surface area contributed by atoms with E-state index < -0.39 is 35.9 Å². The largest absolute Gasteiger partial charge is 0.452 e. The molecule has 0 atom stereocenters. The second-order valence-electron chi connectivity index (χ2n) is 5.85. The lowest BCUT2D eigenvalue weighted by Crippen LogP contribution is -2.22. The van der Waals surface area contributed by atoms with Gasteiger partial charge in [-0.3, -0.25) is 4.79 Å². The van der Waals surface area contributed by atoms with Crippen molar-refractivity contribution in [2.45, 2.75) is 6.18 Å². The van der Waals surface area contributed by atoms with Crippen LogP contribution in [-0.4, -0.2) is 23.5 Å². The Labute approximate surface area is 172 Å². The minimum Gasteiger partial charge on any atom is -0.452 e. The van der Waals surface area contributed by atoms with Crippen LogP contribution in [0.5, 0.6) is 0 Å². The van der Waals surface area contributed by atoms with Gasteiger partial charge in [-0.2, -0.15) is 13.2 Å². The van der Waals surface area contributed by atoms with E-state index in [9.17, 15) is 22.8 Å². The SMILES string of the molecule is O=C(COC(=O)c1ccc2nc(Cl)ccc2c1)Nc1ccc(Cl)cc1C(F)(F)F. The normalized spacial score (nSPS) is 11.3. The zero-order valence-corrected chi connectivity index (χ0v) is 15.9. The zero-order valence-electron chi connectivity index (χ0n) is 14.4. The zero-order chi connectivity index (χ0) is 21.2. The average Bonchev–Trinajstić information content (AvgIpc) is 2.66. The lowest BCUT2D eigenvalue weighted by molar-refractivity contribution is -0.137. The molecule has 0 saturated carbocycles. The lowest BCUT2D eigenvalue weighted by Gasteiger charge is -2.14. The van der Waals surface area contributed by atoms with Crippen molar-refractivity contribution in [3.8, 4) is 0 Å². The molecular formula is C19H11Cl2F3N2O3. The molecule has 3 rings (SSSR count). The highest BCUT2D eigenvalue weighted by atomic mass is 35.5. The van der Waals surface area contributed by atoms with Gasteiger partial charge >= 0.3 is 12.1 Å². The molecular weight excluding hydrogens is 432 g/mol. The fourth-order valence-electron chi connectivity index (χ4n) is 2.49. The fraction of sp³-hybridized carbons (Fsp3) is 0.105. The van der Waals surface area contributed by atoms with E-state index in [1.54, 1.807) is 18.2 Å². The van der Waals surface area contributed by atoms with Crippen LogP contribution < -0.4 is 5.32 Å². The molecule has 2 aromatic carbocycles. The Kier molecular flexibility index (Phi) is 5.95. The van der Waals surface area contributed by atoms with Gasteiger partial charge in [-0.25, -0.2) is 9.78 Å². The number of fused-ring (bicyclic) bond motifs is 1. The summed E-state index contributed by atoms with van der Waals surface area (Å²) in [4.78, 5) is 28.2. The summed E-state index contributed by atoms with van der Waals surface area (Å²) in [6, 6.07) is 10.6. The van der Waals surface area contributed by atoms with Gasteiger partial charge in [0.15, 0.2) is 6.61 Å². The number of nitrogens with zero attached hydrogens (tertiary/aromatic N) is 1. The molecule has 0 radical (unpaired) electrons. The van der Waals surface area contributed by atoms with E-state index in [0.717, 1.165) is 6.07 Å². The van der Waals surface area contributed by atoms with Crippen molar-refractivity contribution in [2.75, 3.05) is 11.9 Å². The Hall–Kier alpha value is -2.84. The summed E-state index contributed by atoms with van der Waals surface area (Å²) in [5.74, 6) is -1.75. The van der Waals surface area contributed by atoms with Crippen LogP contribution in [-0.2, 0) is 15.7 Å². The van der Waals surface area contributed by atoms with Crippen LogP contribution >= 0.6 is 23.2 Å². The first-order valence-corrected chi connectivity index (χ1v) is 8.79. The van der Waals surface area contributed by atoms with Gasteiger partial charge in [0, 0.05) is 10.4 Å². The molecule has 0 spiro atoms. The summed E-state index contributed by atoms with van der Waals surface area (Å²) >= 11 is 11.4. The molecule has 1 heterocycles. The number of carbonyl (C=O) groups excluding carboxylic acids is 2. The maximum Gasteiger partial charge on any atom is 0.418 e. The van der Waals surface area contributed by atoms with Crippen LogP contribution in [0.25, 0.3) is 10.9 Å². The number of anilines is 1. The van der Waals surface area contributed by atoms with Crippen LogP contribution in [0.4, 0.5) is 18.9 Å². The lowest BCUT2D eigenvalue weighted by atomic mass is 10.1. The highest BCUT2D eigenvalue weighted by Gasteiger charge is 2.34. The number of rotatable bonds is 4. The Morgan fingerprint density at radius 1 is 1.03 bits per heavy atom. The molecule has 0 fully saturated rings. The summed E-state index contributed by atoms with van der Waals surface area (Å²) in [5, 5.41) is 2.86. The first-order valence-electron chi connectivity index (χ1n) is 8.03. The molecule has 1 amide bonds. The van der Waals surface area contributed by atoms with Crippen molar-refractivity contribution in [1.82, 2.24) is 4.98 Å². The molecule has 0 aliphatic rings. The Morgan fingerprint density at radius 3 is 2.52 bits per heavy atom. The van der Waals surface area contributed by atoms with Crippen molar-refractivity contribution >= 4 is 51.7 Å². The van der Waals surface area contributed by atoms with Crippen LogP contribution in [0.1, 0.15) is 15.9 Å². The van der Waals surface area contributed by atoms with Gasteiger partial charge in [0.2, 0.25) is 0 Å². The number of hydrogen-bond acceptors (Lipinski definition) is 4. The van der Waals surface area contributed by atoms with Crippen molar-refractivity contribution in [2.24, 2.45) is 0 Å². The van der Waals surface area contributed by atoms with E-state index in [2.05, 4.69) is 10.3 Å². The number of pyridine rings is 1. The highest BCUT2D eigenvalue weighted by Crippen LogP contribution is 2.36. The number of aromatic nitrogens is 1. The molecule has 1 aromatic heterocycles. The molecule has 0 aliphatic carbocycles. The van der Waals surface area contributed by atoms with Crippen LogP contribution in [0.15, 0.2) is 48.5 Å². The van der Waals surface area contributed by atoms with Gasteiger partial charge in [-0.1, -0.05) is 23.2 Å². The molecule has 0 saturated heterocycles. The monoisotopic (exact) mass is 442 g/mol. The second-order valence-corrected chi connectivity index (χ2v) is 6.68. The Bertz CT molecular complexity index is 1100. The first kappa shape index (κ1) is 20.9. The predicted octanol–water partition coefficient (Wildman–Crippen LogP) is 5.36. The van der Waals surface area contributed by atoms with E-state index in [0.29, 0.717) is 22.1 Å². The number of ether oxygens (including phenoxy) is 1. The van der Waals surface area contributed by atoms with Gasteiger partial charge < -0.3 is 10.1 Å². The fourth-order valence-corrected chi connectivity index (χ4v) is 2.81. The number of carbonyl (C=O) groups is 2. The van der Waals surface area contributed by atoms with E-state index in [1.807, 2.05) is 0 Å². The molecule has 1 N–H and O–H groups in total. The summed E-state index contributed by atoms with van der Waals surface area (Å²) in [6.45, 7) is -0.768. The van der Waals surface area contributed by atoms with E-state index in [-0.39, 0.29) is 10.6 Å². The van der Waals surface area contributed by atoms with Crippen LogP contribution in [0.3, 0.4) is 0 Å². The molecule has 0 bridgehead atoms. The summed E-state index contributed by atoms with van der Waals surface area (Å²) in [6.07, 6.45) is -4.72. The molecule has 29 heavy (non-hydrogen) atoms. The first-order chi connectivity index (χ1) is 13.6. The van der Waals surface area contributed by atoms with Gasteiger partial charge in [0.1, 0.15) is 5.15 Å². The molecule has 0 unspecified atom stereocenters. The quantitative estimate of drug-likeness (QED) is 0.436. The smallest absolute Gasteiger partial charge is 0.418 e. The van der Waals surface area contributed by atoms with Crippen LogP contribution in [0.2, 0.25) is 10.2 Å². The van der Waals surface area contributed by atoms with E-state index >= 15 is 0 Å². The number of halogens is 5. The van der Waals surface area contributed by atoms with Crippen molar-refractivity contribution in [3.63, 3.8) is 0 Å². The Morgan fingerprint density at radius 2 is 1.79 bits per heavy atom. The van der Waals surface area contributed by atoms with Crippen molar-refractivity contribution in [3.05, 3.63) is 69.8 Å². The number of alkyl halides is 3. The molecule has 3 aromatic rings. The molecule has 5 nitrogen and oxygen atoms in total. The standard InChI is InChI=1S/C19H11Cl2F3N2O3/c20-12-3-5-15(13(8-12)19(22,23)24)26-17(27)9-29-18(28)11-1-4-14-10(7-11)2-6-16(21)25-14/h1-8H,9H2,(H,26,27). The molecule has 150 valence electrons. The van der Waals surface area contributed by atoms with Crippen molar-refractivity contribution in [1.29, 1.82) is 0 Å².